The van der Waals surface area contributed by atoms with E-state index in [1.807, 2.05) is 31.2 Å². The van der Waals surface area contributed by atoms with Gasteiger partial charge in [-0.05, 0) is 44.5 Å². The summed E-state index contributed by atoms with van der Waals surface area (Å²) in [6, 6.07) is 11.9. The van der Waals surface area contributed by atoms with Crippen molar-refractivity contribution in [1.29, 1.82) is 0 Å². The number of carbonyl (C=O) groups excluding carboxylic acids is 1. The number of sulfonamides is 1. The molecule has 0 spiro atoms. The fourth-order valence-corrected chi connectivity index (χ4v) is 4.11. The number of rotatable bonds is 6. The summed E-state index contributed by atoms with van der Waals surface area (Å²) in [5.41, 5.74) is 2.29. The van der Waals surface area contributed by atoms with Crippen LogP contribution in [0.15, 0.2) is 47.4 Å². The van der Waals surface area contributed by atoms with Gasteiger partial charge in [-0.3, -0.25) is 4.79 Å². The van der Waals surface area contributed by atoms with Crippen molar-refractivity contribution in [2.24, 2.45) is 0 Å². The highest BCUT2D eigenvalue weighted by molar-refractivity contribution is 7.89. The zero-order chi connectivity index (χ0) is 20.4. The van der Waals surface area contributed by atoms with Gasteiger partial charge in [-0.25, -0.2) is 8.42 Å². The van der Waals surface area contributed by atoms with Crippen LogP contribution in [0.5, 0.6) is 0 Å². The lowest BCUT2D eigenvalue weighted by molar-refractivity contribution is 0.0785. The molecule has 0 heterocycles. The van der Waals surface area contributed by atoms with Gasteiger partial charge in [-0.15, -0.1) is 0 Å². The van der Waals surface area contributed by atoms with Gasteiger partial charge in [0, 0.05) is 26.7 Å². The van der Waals surface area contributed by atoms with E-state index >= 15 is 0 Å². The molecule has 0 aromatic heterocycles. The predicted molar refractivity (Wildman–Crippen MR) is 109 cm³/mol. The van der Waals surface area contributed by atoms with E-state index < -0.39 is 10.0 Å². The zero-order valence-electron chi connectivity index (χ0n) is 16.2. The summed E-state index contributed by atoms with van der Waals surface area (Å²) in [6.45, 7) is 5.97. The number of hydrogen-bond donors (Lipinski definition) is 0. The molecule has 0 aliphatic heterocycles. The largest absolute Gasteiger partial charge is 0.337 e. The number of benzene rings is 2. The fraction of sp³-hybridized carbons (Fsp3) is 0.350. The van der Waals surface area contributed by atoms with Crippen molar-refractivity contribution in [3.63, 3.8) is 0 Å². The second kappa shape index (κ2) is 8.42. The maximum absolute atomic E-state index is 12.9. The molecular weight excluding hydrogens is 384 g/mol. The molecule has 2 rings (SSSR count). The molecule has 0 radical (unpaired) electrons. The Balaban J connectivity index is 2.32. The summed E-state index contributed by atoms with van der Waals surface area (Å²) in [5.74, 6) is -0.329. The van der Waals surface area contributed by atoms with Crippen molar-refractivity contribution in [3.8, 4) is 0 Å². The topological polar surface area (TPSA) is 57.7 Å². The number of amides is 1. The smallest absolute Gasteiger partial charge is 0.255 e. The number of hydrogen-bond acceptors (Lipinski definition) is 3. The van der Waals surface area contributed by atoms with E-state index in [9.17, 15) is 13.2 Å². The van der Waals surface area contributed by atoms with E-state index in [4.69, 9.17) is 11.6 Å². The molecule has 2 aromatic carbocycles. The molecule has 0 aliphatic carbocycles. The summed E-state index contributed by atoms with van der Waals surface area (Å²) in [6.07, 6.45) is 0. The number of nitrogens with zero attached hydrogens (tertiary/aromatic N) is 2. The van der Waals surface area contributed by atoms with Gasteiger partial charge in [0.05, 0.1) is 15.5 Å². The van der Waals surface area contributed by atoms with Crippen LogP contribution in [0.1, 0.15) is 35.3 Å². The van der Waals surface area contributed by atoms with E-state index in [0.717, 1.165) is 11.1 Å². The molecule has 0 bridgehead atoms. The van der Waals surface area contributed by atoms with Crippen LogP contribution in [0.4, 0.5) is 0 Å². The Morgan fingerprint density at radius 1 is 1.07 bits per heavy atom. The standard InChI is InChI=1S/C20H25ClN2O3S/c1-14(2)23(5)27(25,26)17-10-11-19(21)18(12-17)20(24)22(4)13-16-8-6-15(3)7-9-16/h6-12,14H,13H2,1-5H3. The van der Waals surface area contributed by atoms with Gasteiger partial charge in [-0.2, -0.15) is 4.31 Å². The Kier molecular flexibility index (Phi) is 6.68. The molecule has 27 heavy (non-hydrogen) atoms. The third-order valence-corrected chi connectivity index (χ3v) is 6.82. The molecule has 146 valence electrons. The van der Waals surface area contributed by atoms with E-state index in [-0.39, 0.29) is 27.4 Å². The molecule has 2 aromatic rings. The number of carbonyl (C=O) groups is 1. The molecule has 0 saturated heterocycles. The maximum Gasteiger partial charge on any atom is 0.255 e. The van der Waals surface area contributed by atoms with E-state index in [1.54, 1.807) is 20.9 Å². The van der Waals surface area contributed by atoms with Gasteiger partial charge in [0.2, 0.25) is 10.0 Å². The first-order chi connectivity index (χ1) is 12.5. The lowest BCUT2D eigenvalue weighted by Crippen LogP contribution is -2.33. The van der Waals surface area contributed by atoms with Crippen LogP contribution >= 0.6 is 11.6 Å². The third-order valence-electron chi connectivity index (χ3n) is 4.46. The summed E-state index contributed by atoms with van der Waals surface area (Å²) in [5, 5.41) is 0.224. The quantitative estimate of drug-likeness (QED) is 0.727. The van der Waals surface area contributed by atoms with E-state index in [2.05, 4.69) is 0 Å². The lowest BCUT2D eigenvalue weighted by atomic mass is 10.1. The average molecular weight is 409 g/mol. The van der Waals surface area contributed by atoms with Gasteiger partial charge in [0.25, 0.3) is 5.91 Å². The SMILES string of the molecule is Cc1ccc(CN(C)C(=O)c2cc(S(=O)(=O)N(C)C(C)C)ccc2Cl)cc1. The van der Waals surface area contributed by atoms with Crippen LogP contribution in [0.25, 0.3) is 0 Å². The Labute approximate surface area is 166 Å². The first-order valence-electron chi connectivity index (χ1n) is 8.62. The Bertz CT molecular complexity index is 925. The zero-order valence-corrected chi connectivity index (χ0v) is 17.8. The molecular formula is C20H25ClN2O3S. The molecule has 0 aliphatic rings. The highest BCUT2D eigenvalue weighted by Gasteiger charge is 2.25. The Morgan fingerprint density at radius 2 is 1.67 bits per heavy atom. The van der Waals surface area contributed by atoms with Gasteiger partial charge in [0.15, 0.2) is 0 Å². The van der Waals surface area contributed by atoms with Crippen LogP contribution in [0.3, 0.4) is 0 Å². The summed E-state index contributed by atoms with van der Waals surface area (Å²) < 4.78 is 26.7. The minimum atomic E-state index is -3.70. The molecule has 7 heteroatoms. The van der Waals surface area contributed by atoms with Crippen LogP contribution < -0.4 is 0 Å². The summed E-state index contributed by atoms with van der Waals surface area (Å²) in [7, 11) is -0.516. The minimum absolute atomic E-state index is 0.0511. The molecule has 0 atom stereocenters. The second-order valence-electron chi connectivity index (χ2n) is 6.90. The summed E-state index contributed by atoms with van der Waals surface area (Å²) >= 11 is 6.20. The van der Waals surface area contributed by atoms with Gasteiger partial charge in [0.1, 0.15) is 0 Å². The van der Waals surface area contributed by atoms with Crippen LogP contribution in [0, 0.1) is 6.92 Å². The average Bonchev–Trinajstić information content (AvgIpc) is 2.62. The van der Waals surface area contributed by atoms with E-state index in [1.165, 1.54) is 34.5 Å². The monoisotopic (exact) mass is 408 g/mol. The second-order valence-corrected chi connectivity index (χ2v) is 9.31. The van der Waals surface area contributed by atoms with Crippen LogP contribution in [-0.2, 0) is 16.6 Å². The van der Waals surface area contributed by atoms with E-state index in [0.29, 0.717) is 6.54 Å². The fourth-order valence-electron chi connectivity index (χ4n) is 2.52. The molecule has 0 fully saturated rings. The van der Waals surface area contributed by atoms with Crippen molar-refractivity contribution < 1.29 is 13.2 Å². The van der Waals surface area contributed by atoms with Gasteiger partial charge >= 0.3 is 0 Å². The highest BCUT2D eigenvalue weighted by Crippen LogP contribution is 2.25. The van der Waals surface area contributed by atoms with Crippen LogP contribution in [0.2, 0.25) is 5.02 Å². The molecule has 5 nitrogen and oxygen atoms in total. The van der Waals surface area contributed by atoms with Crippen molar-refractivity contribution in [1.82, 2.24) is 9.21 Å². The summed E-state index contributed by atoms with van der Waals surface area (Å²) in [4.78, 5) is 14.4. The maximum atomic E-state index is 12.9. The number of halogens is 1. The molecule has 0 saturated carbocycles. The van der Waals surface area contributed by atoms with Crippen molar-refractivity contribution in [2.45, 2.75) is 38.3 Å². The van der Waals surface area contributed by atoms with Crippen molar-refractivity contribution >= 4 is 27.5 Å². The first-order valence-corrected chi connectivity index (χ1v) is 10.4. The Hall–Kier alpha value is -1.89. The lowest BCUT2D eigenvalue weighted by Gasteiger charge is -2.22. The molecule has 0 unspecified atom stereocenters. The first kappa shape index (κ1) is 21.4. The van der Waals surface area contributed by atoms with Crippen LogP contribution in [-0.4, -0.2) is 43.7 Å². The van der Waals surface area contributed by atoms with Crippen molar-refractivity contribution in [3.05, 3.63) is 64.2 Å². The minimum Gasteiger partial charge on any atom is -0.337 e. The van der Waals surface area contributed by atoms with Gasteiger partial charge in [-0.1, -0.05) is 41.4 Å². The number of aryl methyl sites for hydroxylation is 1. The molecule has 1 amide bonds. The van der Waals surface area contributed by atoms with Crippen molar-refractivity contribution in [2.75, 3.05) is 14.1 Å². The van der Waals surface area contributed by atoms with Gasteiger partial charge < -0.3 is 4.90 Å². The Morgan fingerprint density at radius 3 is 2.22 bits per heavy atom. The molecule has 0 N–H and O–H groups in total. The normalized spacial score (nSPS) is 11.9. The third kappa shape index (κ3) is 4.89. The highest BCUT2D eigenvalue weighted by atomic mass is 35.5. The predicted octanol–water partition coefficient (Wildman–Crippen LogP) is 3.95.